The van der Waals surface area contributed by atoms with Gasteiger partial charge in [0.15, 0.2) is 0 Å². The molecule has 0 aromatic heterocycles. The SMILES string of the molecule is COc1cc(N)ccc1CN1CCN(C)C(C)C1. The number of methoxy groups -OCH3 is 1. The lowest BCUT2D eigenvalue weighted by Crippen LogP contribution is -2.49. The van der Waals surface area contributed by atoms with Crippen LogP contribution in [0.1, 0.15) is 12.5 Å². The molecule has 0 radical (unpaired) electrons. The van der Waals surface area contributed by atoms with Gasteiger partial charge in [-0.2, -0.15) is 0 Å². The molecule has 1 aromatic rings. The summed E-state index contributed by atoms with van der Waals surface area (Å²) in [6, 6.07) is 6.52. The minimum Gasteiger partial charge on any atom is -0.496 e. The predicted octanol–water partition coefficient (Wildman–Crippen LogP) is 1.41. The Morgan fingerprint density at radius 2 is 2.17 bits per heavy atom. The quantitative estimate of drug-likeness (QED) is 0.823. The van der Waals surface area contributed by atoms with Crippen molar-refractivity contribution in [1.82, 2.24) is 9.80 Å². The van der Waals surface area contributed by atoms with Gasteiger partial charge in [0.1, 0.15) is 5.75 Å². The number of nitrogen functional groups attached to an aromatic ring is 1. The molecular formula is C14H23N3O. The second-order valence-electron chi connectivity index (χ2n) is 5.14. The predicted molar refractivity (Wildman–Crippen MR) is 74.8 cm³/mol. The van der Waals surface area contributed by atoms with Crippen molar-refractivity contribution in [3.63, 3.8) is 0 Å². The summed E-state index contributed by atoms with van der Waals surface area (Å²) in [6.07, 6.45) is 0. The van der Waals surface area contributed by atoms with Crippen LogP contribution in [0.3, 0.4) is 0 Å². The first-order valence-corrected chi connectivity index (χ1v) is 6.45. The van der Waals surface area contributed by atoms with E-state index >= 15 is 0 Å². The highest BCUT2D eigenvalue weighted by molar-refractivity contribution is 5.48. The van der Waals surface area contributed by atoms with Crippen LogP contribution in [0.2, 0.25) is 0 Å². The fourth-order valence-corrected chi connectivity index (χ4v) is 2.40. The Morgan fingerprint density at radius 1 is 1.39 bits per heavy atom. The van der Waals surface area contributed by atoms with E-state index in [-0.39, 0.29) is 0 Å². The largest absolute Gasteiger partial charge is 0.496 e. The molecule has 0 amide bonds. The highest BCUT2D eigenvalue weighted by atomic mass is 16.5. The third kappa shape index (κ3) is 2.94. The fourth-order valence-electron chi connectivity index (χ4n) is 2.40. The van der Waals surface area contributed by atoms with Crippen molar-refractivity contribution < 1.29 is 4.74 Å². The average molecular weight is 249 g/mol. The van der Waals surface area contributed by atoms with Gasteiger partial charge in [0, 0.05) is 49.5 Å². The van der Waals surface area contributed by atoms with Gasteiger partial charge in [-0.05, 0) is 20.0 Å². The molecular weight excluding hydrogens is 226 g/mol. The van der Waals surface area contributed by atoms with Crippen molar-refractivity contribution in [2.45, 2.75) is 19.5 Å². The number of hydrogen-bond donors (Lipinski definition) is 1. The standard InChI is InChI=1S/C14H23N3O/c1-11-9-17(7-6-16(11)2)10-12-4-5-13(15)8-14(12)18-3/h4-5,8,11H,6-7,9-10,15H2,1-3H3. The maximum Gasteiger partial charge on any atom is 0.125 e. The Kier molecular flexibility index (Phi) is 4.09. The summed E-state index contributed by atoms with van der Waals surface area (Å²) in [4.78, 5) is 4.87. The Bertz CT molecular complexity index is 408. The van der Waals surface area contributed by atoms with Gasteiger partial charge >= 0.3 is 0 Å². The first kappa shape index (κ1) is 13.2. The maximum atomic E-state index is 5.78. The lowest BCUT2D eigenvalue weighted by molar-refractivity contribution is 0.0993. The molecule has 1 heterocycles. The van der Waals surface area contributed by atoms with E-state index in [0.29, 0.717) is 6.04 Å². The van der Waals surface area contributed by atoms with Crippen molar-refractivity contribution in [3.8, 4) is 5.75 Å². The second kappa shape index (κ2) is 5.59. The third-order valence-electron chi connectivity index (χ3n) is 3.75. The van der Waals surface area contributed by atoms with Crippen LogP contribution in [-0.2, 0) is 6.54 Å². The van der Waals surface area contributed by atoms with Crippen LogP contribution in [0.4, 0.5) is 5.69 Å². The molecule has 100 valence electrons. The molecule has 1 fully saturated rings. The smallest absolute Gasteiger partial charge is 0.125 e. The summed E-state index contributed by atoms with van der Waals surface area (Å²) in [7, 11) is 3.89. The van der Waals surface area contributed by atoms with E-state index in [0.717, 1.165) is 37.6 Å². The first-order valence-electron chi connectivity index (χ1n) is 6.45. The monoisotopic (exact) mass is 249 g/mol. The van der Waals surface area contributed by atoms with Gasteiger partial charge in [-0.3, -0.25) is 4.90 Å². The lowest BCUT2D eigenvalue weighted by atomic mass is 10.1. The van der Waals surface area contributed by atoms with Crippen molar-refractivity contribution in [2.75, 3.05) is 39.5 Å². The number of piperazine rings is 1. The lowest BCUT2D eigenvalue weighted by Gasteiger charge is -2.37. The van der Waals surface area contributed by atoms with Crippen molar-refractivity contribution >= 4 is 5.69 Å². The van der Waals surface area contributed by atoms with Gasteiger partial charge in [-0.15, -0.1) is 0 Å². The van der Waals surface area contributed by atoms with Crippen LogP contribution in [0.25, 0.3) is 0 Å². The number of ether oxygens (including phenoxy) is 1. The van der Waals surface area contributed by atoms with E-state index in [2.05, 4.69) is 29.8 Å². The molecule has 1 saturated heterocycles. The van der Waals surface area contributed by atoms with Gasteiger partial charge in [0.25, 0.3) is 0 Å². The normalized spacial score (nSPS) is 22.1. The summed E-state index contributed by atoms with van der Waals surface area (Å²) >= 11 is 0. The van der Waals surface area contributed by atoms with E-state index in [1.807, 2.05) is 12.1 Å². The van der Waals surface area contributed by atoms with Gasteiger partial charge in [-0.1, -0.05) is 6.07 Å². The van der Waals surface area contributed by atoms with Crippen LogP contribution in [0.15, 0.2) is 18.2 Å². The number of likely N-dealkylation sites (N-methyl/N-ethyl adjacent to an activating group) is 1. The van der Waals surface area contributed by atoms with Crippen LogP contribution < -0.4 is 10.5 Å². The maximum absolute atomic E-state index is 5.78. The fraction of sp³-hybridized carbons (Fsp3) is 0.571. The zero-order valence-corrected chi connectivity index (χ0v) is 11.5. The zero-order chi connectivity index (χ0) is 13.1. The van der Waals surface area contributed by atoms with Gasteiger partial charge in [-0.25, -0.2) is 0 Å². The summed E-state index contributed by atoms with van der Waals surface area (Å²) in [5, 5.41) is 0. The Hall–Kier alpha value is -1.26. The number of hydrogen-bond acceptors (Lipinski definition) is 4. The molecule has 1 aromatic carbocycles. The number of nitrogens with two attached hydrogens (primary N) is 1. The highest BCUT2D eigenvalue weighted by Gasteiger charge is 2.21. The molecule has 18 heavy (non-hydrogen) atoms. The molecule has 4 heteroatoms. The molecule has 0 bridgehead atoms. The number of anilines is 1. The van der Waals surface area contributed by atoms with Gasteiger partial charge < -0.3 is 15.4 Å². The van der Waals surface area contributed by atoms with Crippen LogP contribution in [0.5, 0.6) is 5.75 Å². The molecule has 0 spiro atoms. The van der Waals surface area contributed by atoms with Crippen molar-refractivity contribution in [3.05, 3.63) is 23.8 Å². The molecule has 0 saturated carbocycles. The number of benzene rings is 1. The van der Waals surface area contributed by atoms with E-state index < -0.39 is 0 Å². The van der Waals surface area contributed by atoms with Crippen molar-refractivity contribution in [1.29, 1.82) is 0 Å². The zero-order valence-electron chi connectivity index (χ0n) is 11.5. The Balaban J connectivity index is 2.05. The molecule has 1 atom stereocenters. The summed E-state index contributed by atoms with van der Waals surface area (Å²) < 4.78 is 5.40. The molecule has 2 rings (SSSR count). The van der Waals surface area contributed by atoms with E-state index in [1.54, 1.807) is 7.11 Å². The molecule has 1 aliphatic rings. The van der Waals surface area contributed by atoms with Gasteiger partial charge in [0.05, 0.1) is 7.11 Å². The van der Waals surface area contributed by atoms with Crippen molar-refractivity contribution in [2.24, 2.45) is 0 Å². The summed E-state index contributed by atoms with van der Waals surface area (Å²) in [5.41, 5.74) is 7.74. The molecule has 0 aliphatic carbocycles. The summed E-state index contributed by atoms with van der Waals surface area (Å²) in [5.74, 6) is 0.890. The molecule has 1 unspecified atom stereocenters. The minimum atomic E-state index is 0.610. The van der Waals surface area contributed by atoms with Crippen LogP contribution in [-0.4, -0.2) is 49.6 Å². The Morgan fingerprint density at radius 3 is 2.83 bits per heavy atom. The topological polar surface area (TPSA) is 41.7 Å². The van der Waals surface area contributed by atoms with Gasteiger partial charge in [0.2, 0.25) is 0 Å². The van der Waals surface area contributed by atoms with Crippen LogP contribution >= 0.6 is 0 Å². The highest BCUT2D eigenvalue weighted by Crippen LogP contribution is 2.23. The minimum absolute atomic E-state index is 0.610. The first-order chi connectivity index (χ1) is 8.60. The van der Waals surface area contributed by atoms with Crippen LogP contribution in [0, 0.1) is 0 Å². The molecule has 1 aliphatic heterocycles. The number of rotatable bonds is 3. The van der Waals surface area contributed by atoms with E-state index in [9.17, 15) is 0 Å². The summed E-state index contributed by atoms with van der Waals surface area (Å²) in [6.45, 7) is 6.53. The molecule has 2 N–H and O–H groups in total. The number of nitrogens with zero attached hydrogens (tertiary/aromatic N) is 2. The average Bonchev–Trinajstić information content (AvgIpc) is 2.36. The van der Waals surface area contributed by atoms with E-state index in [1.165, 1.54) is 5.56 Å². The Labute approximate surface area is 109 Å². The van der Waals surface area contributed by atoms with E-state index in [4.69, 9.17) is 10.5 Å². The second-order valence-corrected chi connectivity index (χ2v) is 5.14. The third-order valence-corrected chi connectivity index (χ3v) is 3.75. The molecule has 4 nitrogen and oxygen atoms in total.